The van der Waals surface area contributed by atoms with E-state index in [1.165, 1.54) is 0 Å². The molecule has 23 heavy (non-hydrogen) atoms. The Bertz CT molecular complexity index is 963. The molecule has 112 valence electrons. The lowest BCUT2D eigenvalue weighted by Gasteiger charge is -2.07. The molecule has 0 saturated carbocycles. The number of methoxy groups -OCH3 is 1. The number of nitrogens with zero attached hydrogens (tertiary/aromatic N) is 4. The molecule has 4 aromatic rings. The fraction of sp³-hybridized carbons (Fsp3) is 0.0556. The highest BCUT2D eigenvalue weighted by Gasteiger charge is 2.11. The van der Waals surface area contributed by atoms with Crippen molar-refractivity contribution in [2.75, 3.05) is 7.11 Å². The normalized spacial score (nSPS) is 10.8. The van der Waals surface area contributed by atoms with Crippen molar-refractivity contribution >= 4 is 10.8 Å². The number of rotatable bonds is 3. The summed E-state index contributed by atoms with van der Waals surface area (Å²) in [7, 11) is 1.67. The summed E-state index contributed by atoms with van der Waals surface area (Å²) in [6.07, 6.45) is 0. The van der Waals surface area contributed by atoms with Gasteiger partial charge in [0.2, 0.25) is 0 Å². The summed E-state index contributed by atoms with van der Waals surface area (Å²) in [6, 6.07) is 22.0. The van der Waals surface area contributed by atoms with E-state index < -0.39 is 0 Å². The third kappa shape index (κ3) is 2.42. The van der Waals surface area contributed by atoms with Crippen LogP contribution in [-0.2, 0) is 0 Å². The van der Waals surface area contributed by atoms with E-state index in [1.54, 1.807) is 11.8 Å². The van der Waals surface area contributed by atoms with Crippen molar-refractivity contribution in [1.29, 1.82) is 0 Å². The van der Waals surface area contributed by atoms with E-state index in [4.69, 9.17) is 4.74 Å². The Balaban J connectivity index is 1.83. The topological polar surface area (TPSA) is 52.8 Å². The minimum absolute atomic E-state index is 0.717. The molecule has 5 nitrogen and oxygen atoms in total. The molecule has 5 heteroatoms. The molecule has 4 rings (SSSR count). The molecule has 0 saturated heterocycles. The van der Waals surface area contributed by atoms with Crippen LogP contribution >= 0.6 is 0 Å². The van der Waals surface area contributed by atoms with Crippen LogP contribution in [0.2, 0.25) is 0 Å². The van der Waals surface area contributed by atoms with E-state index in [9.17, 15) is 0 Å². The first kappa shape index (κ1) is 13.5. The Morgan fingerprint density at radius 2 is 1.65 bits per heavy atom. The van der Waals surface area contributed by atoms with E-state index in [0.29, 0.717) is 5.82 Å². The number of aromatic nitrogens is 4. The fourth-order valence-corrected chi connectivity index (χ4v) is 2.60. The van der Waals surface area contributed by atoms with Gasteiger partial charge in [0.1, 0.15) is 5.75 Å². The summed E-state index contributed by atoms with van der Waals surface area (Å²) >= 11 is 0. The van der Waals surface area contributed by atoms with Gasteiger partial charge in [-0.1, -0.05) is 36.4 Å². The van der Waals surface area contributed by atoms with Gasteiger partial charge in [0.05, 0.1) is 12.8 Å². The molecule has 1 heterocycles. The van der Waals surface area contributed by atoms with Crippen LogP contribution in [0.25, 0.3) is 27.8 Å². The number of tetrazole rings is 1. The lowest BCUT2D eigenvalue weighted by atomic mass is 10.1. The smallest absolute Gasteiger partial charge is 0.187 e. The maximum atomic E-state index is 5.27. The standard InChI is InChI=1S/C18H14N4O/c1-23-17-10-9-13-11-15(8-7-14(13)12-17)18-19-20-21-22(18)16-5-3-2-4-6-16/h2-12H,1H3. The minimum atomic E-state index is 0.717. The highest BCUT2D eigenvalue weighted by atomic mass is 16.5. The second-order valence-corrected chi connectivity index (χ2v) is 5.18. The van der Waals surface area contributed by atoms with Crippen molar-refractivity contribution in [2.45, 2.75) is 0 Å². The van der Waals surface area contributed by atoms with Crippen molar-refractivity contribution in [2.24, 2.45) is 0 Å². The highest BCUT2D eigenvalue weighted by molar-refractivity contribution is 5.87. The molecule has 1 aromatic heterocycles. The minimum Gasteiger partial charge on any atom is -0.497 e. The van der Waals surface area contributed by atoms with Gasteiger partial charge in [0, 0.05) is 5.56 Å². The van der Waals surface area contributed by atoms with Crippen LogP contribution in [0.5, 0.6) is 5.75 Å². The lowest BCUT2D eigenvalue weighted by molar-refractivity contribution is 0.415. The molecule has 0 fully saturated rings. The van der Waals surface area contributed by atoms with Gasteiger partial charge in [-0.25, -0.2) is 0 Å². The predicted octanol–water partition coefficient (Wildman–Crippen LogP) is 3.49. The Hall–Kier alpha value is -3.21. The summed E-state index contributed by atoms with van der Waals surface area (Å²) in [5.74, 6) is 1.56. The molecule has 0 aliphatic carbocycles. The average molecular weight is 302 g/mol. The third-order valence-corrected chi connectivity index (χ3v) is 3.78. The predicted molar refractivity (Wildman–Crippen MR) is 88.6 cm³/mol. The number of benzene rings is 3. The first-order chi connectivity index (χ1) is 11.3. The fourth-order valence-electron chi connectivity index (χ4n) is 2.60. The van der Waals surface area contributed by atoms with Gasteiger partial charge in [-0.2, -0.15) is 4.68 Å². The highest BCUT2D eigenvalue weighted by Crippen LogP contribution is 2.26. The number of para-hydroxylation sites is 1. The molecule has 0 amide bonds. The Kier molecular flexibility index (Phi) is 3.24. The van der Waals surface area contributed by atoms with Crippen molar-refractivity contribution in [1.82, 2.24) is 20.2 Å². The van der Waals surface area contributed by atoms with Crippen LogP contribution in [0.15, 0.2) is 66.7 Å². The maximum absolute atomic E-state index is 5.27. The van der Waals surface area contributed by atoms with Crippen molar-refractivity contribution < 1.29 is 4.74 Å². The molecule has 0 atom stereocenters. The molecular formula is C18H14N4O. The molecule has 0 unspecified atom stereocenters. The zero-order valence-corrected chi connectivity index (χ0v) is 12.5. The van der Waals surface area contributed by atoms with Crippen LogP contribution < -0.4 is 4.74 Å². The van der Waals surface area contributed by atoms with E-state index in [2.05, 4.69) is 27.7 Å². The molecule has 0 aliphatic heterocycles. The molecule has 3 aromatic carbocycles. The quantitative estimate of drug-likeness (QED) is 0.581. The van der Waals surface area contributed by atoms with E-state index in [-0.39, 0.29) is 0 Å². The van der Waals surface area contributed by atoms with Gasteiger partial charge in [0.15, 0.2) is 5.82 Å². The number of fused-ring (bicyclic) bond motifs is 1. The zero-order chi connectivity index (χ0) is 15.6. The SMILES string of the molecule is COc1ccc2cc(-c3nnnn3-c3ccccc3)ccc2c1. The Morgan fingerprint density at radius 1 is 0.870 bits per heavy atom. The van der Waals surface area contributed by atoms with E-state index >= 15 is 0 Å². The summed E-state index contributed by atoms with van der Waals surface area (Å²) in [5.41, 5.74) is 1.90. The van der Waals surface area contributed by atoms with Gasteiger partial charge in [-0.15, -0.1) is 5.10 Å². The van der Waals surface area contributed by atoms with Crippen LogP contribution in [0, 0.1) is 0 Å². The Labute approximate surface area is 133 Å². The monoisotopic (exact) mass is 302 g/mol. The number of ether oxygens (including phenoxy) is 1. The lowest BCUT2D eigenvalue weighted by Crippen LogP contribution is -1.99. The van der Waals surface area contributed by atoms with Crippen LogP contribution in [0.4, 0.5) is 0 Å². The second-order valence-electron chi connectivity index (χ2n) is 5.18. The van der Waals surface area contributed by atoms with Crippen LogP contribution in [0.3, 0.4) is 0 Å². The summed E-state index contributed by atoms with van der Waals surface area (Å²) < 4.78 is 7.01. The molecular weight excluding hydrogens is 288 g/mol. The van der Waals surface area contributed by atoms with Gasteiger partial charge in [-0.05, 0) is 51.5 Å². The molecule has 0 bridgehead atoms. The van der Waals surface area contributed by atoms with Gasteiger partial charge in [-0.3, -0.25) is 0 Å². The van der Waals surface area contributed by atoms with Crippen LogP contribution in [-0.4, -0.2) is 27.3 Å². The number of hydrogen-bond acceptors (Lipinski definition) is 4. The molecule has 0 N–H and O–H groups in total. The maximum Gasteiger partial charge on any atom is 0.187 e. The molecule has 0 spiro atoms. The van der Waals surface area contributed by atoms with Crippen molar-refractivity contribution in [3.8, 4) is 22.8 Å². The zero-order valence-electron chi connectivity index (χ0n) is 12.5. The van der Waals surface area contributed by atoms with E-state index in [0.717, 1.165) is 27.8 Å². The van der Waals surface area contributed by atoms with Crippen molar-refractivity contribution in [3.63, 3.8) is 0 Å². The van der Waals surface area contributed by atoms with E-state index in [1.807, 2.05) is 54.6 Å². The van der Waals surface area contributed by atoms with Gasteiger partial charge < -0.3 is 4.74 Å². The first-order valence-corrected chi connectivity index (χ1v) is 7.27. The number of hydrogen-bond donors (Lipinski definition) is 0. The largest absolute Gasteiger partial charge is 0.497 e. The second kappa shape index (κ2) is 5.53. The van der Waals surface area contributed by atoms with Crippen LogP contribution in [0.1, 0.15) is 0 Å². The summed E-state index contributed by atoms with van der Waals surface area (Å²) in [6.45, 7) is 0. The Morgan fingerprint density at radius 3 is 2.48 bits per heavy atom. The van der Waals surface area contributed by atoms with Gasteiger partial charge >= 0.3 is 0 Å². The molecule has 0 aliphatic rings. The van der Waals surface area contributed by atoms with Gasteiger partial charge in [0.25, 0.3) is 0 Å². The summed E-state index contributed by atoms with van der Waals surface area (Å²) in [5, 5.41) is 14.3. The van der Waals surface area contributed by atoms with Crippen molar-refractivity contribution in [3.05, 3.63) is 66.7 Å². The third-order valence-electron chi connectivity index (χ3n) is 3.78. The summed E-state index contributed by atoms with van der Waals surface area (Å²) in [4.78, 5) is 0. The first-order valence-electron chi connectivity index (χ1n) is 7.27. The average Bonchev–Trinajstić information content (AvgIpc) is 3.11. The molecule has 0 radical (unpaired) electrons.